The fourth-order valence-electron chi connectivity index (χ4n) is 4.68. The van der Waals surface area contributed by atoms with Crippen molar-refractivity contribution < 1.29 is 4.79 Å². The largest absolute Gasteiger partial charge is 0.353 e. The molecule has 8 heteroatoms. The minimum absolute atomic E-state index is 0.158. The van der Waals surface area contributed by atoms with Gasteiger partial charge in [-0.3, -0.25) is 9.78 Å². The molecule has 1 amide bonds. The van der Waals surface area contributed by atoms with Crippen LogP contribution in [0.25, 0.3) is 0 Å². The van der Waals surface area contributed by atoms with Crippen molar-refractivity contribution in [3.63, 3.8) is 0 Å². The van der Waals surface area contributed by atoms with Crippen molar-refractivity contribution in [1.29, 1.82) is 0 Å². The molecule has 0 spiro atoms. The van der Waals surface area contributed by atoms with Crippen LogP contribution in [0, 0.1) is 0 Å². The molecule has 4 heterocycles. The summed E-state index contributed by atoms with van der Waals surface area (Å²) < 4.78 is 0. The van der Waals surface area contributed by atoms with E-state index < -0.39 is 5.41 Å². The van der Waals surface area contributed by atoms with E-state index >= 15 is 0 Å². The van der Waals surface area contributed by atoms with Crippen molar-refractivity contribution in [3.8, 4) is 0 Å². The van der Waals surface area contributed by atoms with Gasteiger partial charge in [-0.2, -0.15) is 0 Å². The molecule has 32 heavy (non-hydrogen) atoms. The molecule has 0 aromatic carbocycles. The molecular weight excluding hydrogens is 402 g/mol. The molecule has 1 aliphatic carbocycles. The van der Waals surface area contributed by atoms with Crippen molar-refractivity contribution in [2.75, 3.05) is 36.4 Å². The fraction of sp³-hybridized carbons (Fsp3) is 0.375. The molecule has 0 radical (unpaired) electrons. The number of amides is 1. The van der Waals surface area contributed by atoms with Crippen molar-refractivity contribution in [3.05, 3.63) is 66.4 Å². The Labute approximate surface area is 187 Å². The highest BCUT2D eigenvalue weighted by Crippen LogP contribution is 2.38. The Hall–Kier alpha value is -3.55. The minimum atomic E-state index is -0.644. The number of carbonyl (C=O) groups is 1. The van der Waals surface area contributed by atoms with Gasteiger partial charge in [0.05, 0.1) is 23.0 Å². The Bertz CT molecular complexity index is 1080. The normalized spacial score (nSPS) is 20.5. The van der Waals surface area contributed by atoms with E-state index in [1.54, 1.807) is 12.4 Å². The molecule has 0 saturated carbocycles. The summed E-state index contributed by atoms with van der Waals surface area (Å²) in [5.74, 6) is 1.62. The zero-order valence-corrected chi connectivity index (χ0v) is 18.2. The smallest absolute Gasteiger partial charge is 0.234 e. The number of rotatable bonds is 4. The molecule has 3 aromatic rings. The topological polar surface area (TPSA) is 87.1 Å². The van der Waals surface area contributed by atoms with Crippen LogP contribution in [0.4, 0.5) is 17.5 Å². The summed E-state index contributed by atoms with van der Waals surface area (Å²) in [5, 5.41) is 3.21. The maximum atomic E-state index is 13.8. The predicted octanol–water partition coefficient (Wildman–Crippen LogP) is 2.95. The first-order valence-electron chi connectivity index (χ1n) is 11.1. The lowest BCUT2D eigenvalue weighted by molar-refractivity contribution is -0.138. The van der Waals surface area contributed by atoms with Gasteiger partial charge in [0, 0.05) is 44.8 Å². The molecule has 1 N–H and O–H groups in total. The monoisotopic (exact) mass is 429 g/mol. The summed E-state index contributed by atoms with van der Waals surface area (Å²) in [4.78, 5) is 35.9. The van der Waals surface area contributed by atoms with Crippen LogP contribution in [0.5, 0.6) is 0 Å². The van der Waals surface area contributed by atoms with Crippen LogP contribution in [-0.2, 0) is 16.6 Å². The summed E-state index contributed by atoms with van der Waals surface area (Å²) in [6, 6.07) is 9.71. The zero-order valence-electron chi connectivity index (χ0n) is 18.2. The van der Waals surface area contributed by atoms with E-state index in [0.29, 0.717) is 19.0 Å². The highest BCUT2D eigenvalue weighted by Gasteiger charge is 2.43. The Balaban J connectivity index is 1.35. The summed E-state index contributed by atoms with van der Waals surface area (Å²) in [6.07, 6.45) is 9.79. The Morgan fingerprint density at radius 3 is 2.66 bits per heavy atom. The van der Waals surface area contributed by atoms with E-state index in [0.717, 1.165) is 55.1 Å². The molecule has 8 nitrogen and oxygen atoms in total. The number of aryl methyl sites for hydroxylation is 1. The van der Waals surface area contributed by atoms with Crippen LogP contribution >= 0.6 is 0 Å². The number of anilines is 3. The molecule has 164 valence electrons. The molecule has 1 unspecified atom stereocenters. The first-order chi connectivity index (χ1) is 15.6. The second-order valence-corrected chi connectivity index (χ2v) is 8.59. The lowest BCUT2D eigenvalue weighted by atomic mass is 9.73. The highest BCUT2D eigenvalue weighted by molar-refractivity contribution is 5.88. The van der Waals surface area contributed by atoms with Crippen LogP contribution in [0.15, 0.2) is 55.1 Å². The van der Waals surface area contributed by atoms with Gasteiger partial charge in [-0.25, -0.2) is 15.0 Å². The third-order valence-corrected chi connectivity index (χ3v) is 6.44. The van der Waals surface area contributed by atoms with Gasteiger partial charge in [-0.15, -0.1) is 0 Å². The molecular formula is C24H27N7O. The lowest BCUT2D eigenvalue weighted by Gasteiger charge is -2.41. The van der Waals surface area contributed by atoms with E-state index in [4.69, 9.17) is 4.98 Å². The second-order valence-electron chi connectivity index (χ2n) is 8.59. The van der Waals surface area contributed by atoms with E-state index in [-0.39, 0.29) is 5.91 Å². The van der Waals surface area contributed by atoms with Crippen LogP contribution in [0.3, 0.4) is 0 Å². The number of nitrogens with zero attached hydrogens (tertiary/aromatic N) is 6. The van der Waals surface area contributed by atoms with Gasteiger partial charge in [0.1, 0.15) is 5.82 Å². The van der Waals surface area contributed by atoms with Crippen LogP contribution in [0.2, 0.25) is 0 Å². The number of fused-ring (bicyclic) bond motifs is 1. The summed E-state index contributed by atoms with van der Waals surface area (Å²) in [5.41, 5.74) is 2.09. The van der Waals surface area contributed by atoms with Crippen molar-refractivity contribution >= 4 is 23.4 Å². The molecule has 3 aromatic heterocycles. The first-order valence-corrected chi connectivity index (χ1v) is 11.1. The van der Waals surface area contributed by atoms with Gasteiger partial charge in [0.25, 0.3) is 0 Å². The number of carbonyl (C=O) groups excluding carboxylic acids is 1. The van der Waals surface area contributed by atoms with E-state index in [1.807, 2.05) is 54.5 Å². The number of hydrogen-bond acceptors (Lipinski definition) is 7. The SMILES string of the molecule is CC1(C(=O)N2CCN(c3ccccn3)CC2)CCCc2cnc(Nc3cccnc3)nc21. The molecule has 1 aliphatic heterocycles. The van der Waals surface area contributed by atoms with Gasteiger partial charge in [-0.05, 0) is 56.0 Å². The minimum Gasteiger partial charge on any atom is -0.353 e. The number of hydrogen-bond donors (Lipinski definition) is 1. The molecule has 1 atom stereocenters. The zero-order chi connectivity index (χ0) is 22.0. The predicted molar refractivity (Wildman–Crippen MR) is 123 cm³/mol. The Kier molecular flexibility index (Phi) is 5.43. The van der Waals surface area contributed by atoms with Gasteiger partial charge in [0.2, 0.25) is 11.9 Å². The molecule has 1 fully saturated rings. The van der Waals surface area contributed by atoms with Gasteiger partial charge in [0.15, 0.2) is 0 Å². The van der Waals surface area contributed by atoms with Crippen LogP contribution in [0.1, 0.15) is 31.0 Å². The second kappa shape index (κ2) is 8.53. The highest BCUT2D eigenvalue weighted by atomic mass is 16.2. The van der Waals surface area contributed by atoms with E-state index in [9.17, 15) is 4.79 Å². The maximum Gasteiger partial charge on any atom is 0.234 e. The number of piperazine rings is 1. The molecule has 0 bridgehead atoms. The lowest BCUT2D eigenvalue weighted by Crippen LogP contribution is -2.55. The quantitative estimate of drug-likeness (QED) is 0.682. The number of aromatic nitrogens is 4. The van der Waals surface area contributed by atoms with Crippen LogP contribution < -0.4 is 10.2 Å². The molecule has 1 saturated heterocycles. The summed E-state index contributed by atoms with van der Waals surface area (Å²) >= 11 is 0. The number of nitrogens with one attached hydrogen (secondary N) is 1. The summed E-state index contributed by atoms with van der Waals surface area (Å²) in [6.45, 7) is 4.98. The van der Waals surface area contributed by atoms with E-state index in [1.165, 1.54) is 0 Å². The average Bonchev–Trinajstić information content (AvgIpc) is 2.85. The van der Waals surface area contributed by atoms with Crippen molar-refractivity contribution in [2.45, 2.75) is 31.6 Å². The molecule has 2 aliphatic rings. The maximum absolute atomic E-state index is 13.8. The fourth-order valence-corrected chi connectivity index (χ4v) is 4.68. The first kappa shape index (κ1) is 20.4. The van der Waals surface area contributed by atoms with Crippen LogP contribution in [-0.4, -0.2) is 56.9 Å². The van der Waals surface area contributed by atoms with E-state index in [2.05, 4.69) is 25.2 Å². The Morgan fingerprint density at radius 1 is 1.03 bits per heavy atom. The van der Waals surface area contributed by atoms with Gasteiger partial charge < -0.3 is 15.1 Å². The van der Waals surface area contributed by atoms with Crippen molar-refractivity contribution in [1.82, 2.24) is 24.8 Å². The third-order valence-electron chi connectivity index (χ3n) is 6.44. The molecule has 5 rings (SSSR count). The number of pyridine rings is 2. The Morgan fingerprint density at radius 2 is 1.91 bits per heavy atom. The third kappa shape index (κ3) is 3.88. The van der Waals surface area contributed by atoms with Gasteiger partial charge >= 0.3 is 0 Å². The standard InChI is InChI=1S/C24H27N7O/c1-24(22(32)31-14-12-30(13-15-31)20-8-2-3-11-26-20)9-4-6-18-16-27-23(29-21(18)24)28-19-7-5-10-25-17-19/h2-3,5,7-8,10-11,16-17H,4,6,9,12-15H2,1H3,(H,27,28,29). The summed E-state index contributed by atoms with van der Waals surface area (Å²) in [7, 11) is 0. The van der Waals surface area contributed by atoms with Gasteiger partial charge in [-0.1, -0.05) is 6.07 Å². The average molecular weight is 430 g/mol. The van der Waals surface area contributed by atoms with Crippen molar-refractivity contribution in [2.24, 2.45) is 0 Å².